The molecule has 2 atom stereocenters. The van der Waals surface area contributed by atoms with Crippen LogP contribution < -0.4 is 0 Å². The van der Waals surface area contributed by atoms with Crippen molar-refractivity contribution in [3.63, 3.8) is 0 Å². The zero-order valence-corrected chi connectivity index (χ0v) is 30.1. The Hall–Kier alpha value is -6.97. The lowest BCUT2D eigenvalue weighted by molar-refractivity contribution is 1.01. The number of rotatable bonds is 6. The van der Waals surface area contributed by atoms with Crippen molar-refractivity contribution in [2.45, 2.75) is 18.3 Å². The number of hydrogen-bond donors (Lipinski definition) is 0. The number of nitrogens with zero attached hydrogens (tertiary/aromatic N) is 3. The molecule has 0 bridgehead atoms. The fourth-order valence-electron chi connectivity index (χ4n) is 8.58. The second kappa shape index (κ2) is 12.9. The van der Waals surface area contributed by atoms with Crippen LogP contribution in [-0.2, 0) is 0 Å². The molecule has 8 aromatic carbocycles. The zero-order chi connectivity index (χ0) is 36.3. The second-order valence-corrected chi connectivity index (χ2v) is 14.8. The van der Waals surface area contributed by atoms with Crippen molar-refractivity contribution in [3.05, 3.63) is 199 Å². The minimum atomic E-state index is 0.591. The lowest BCUT2D eigenvalue weighted by Gasteiger charge is -2.22. The third-order valence-electron chi connectivity index (χ3n) is 11.5. The minimum absolute atomic E-state index is 0.591. The summed E-state index contributed by atoms with van der Waals surface area (Å²) in [6.07, 6.45) is 1.23. The average molecular weight is 702 g/mol. The molecule has 3 heteroatoms. The Morgan fingerprint density at radius 2 is 0.782 bits per heavy atom. The highest BCUT2D eigenvalue weighted by Crippen LogP contribution is 2.63. The van der Waals surface area contributed by atoms with Gasteiger partial charge in [-0.3, -0.25) is 0 Å². The van der Waals surface area contributed by atoms with Crippen molar-refractivity contribution in [2.75, 3.05) is 0 Å². The molecule has 0 N–H and O–H groups in total. The molecule has 9 aromatic rings. The predicted molar refractivity (Wildman–Crippen MR) is 225 cm³/mol. The van der Waals surface area contributed by atoms with Gasteiger partial charge in [0, 0.05) is 16.7 Å². The van der Waals surface area contributed by atoms with Crippen LogP contribution in [0.4, 0.5) is 0 Å². The molecule has 0 aliphatic heterocycles. The summed E-state index contributed by atoms with van der Waals surface area (Å²) in [6.45, 7) is 0. The van der Waals surface area contributed by atoms with Gasteiger partial charge in [-0.15, -0.1) is 0 Å². The van der Waals surface area contributed by atoms with Gasteiger partial charge in [-0.1, -0.05) is 176 Å². The van der Waals surface area contributed by atoms with Crippen molar-refractivity contribution in [1.82, 2.24) is 15.0 Å². The fraction of sp³-hybridized carbons (Fsp3) is 0.0577. The molecule has 1 aromatic heterocycles. The molecule has 2 unspecified atom stereocenters. The molecule has 0 amide bonds. The Morgan fingerprint density at radius 1 is 0.309 bits per heavy atom. The maximum atomic E-state index is 5.15. The van der Waals surface area contributed by atoms with Gasteiger partial charge < -0.3 is 0 Å². The molecule has 1 saturated carbocycles. The van der Waals surface area contributed by atoms with Crippen LogP contribution >= 0.6 is 0 Å². The van der Waals surface area contributed by atoms with Crippen molar-refractivity contribution in [1.29, 1.82) is 0 Å². The number of aromatic nitrogens is 3. The summed E-state index contributed by atoms with van der Waals surface area (Å²) < 4.78 is 0. The van der Waals surface area contributed by atoms with Crippen molar-refractivity contribution in [3.8, 4) is 78.7 Å². The first-order chi connectivity index (χ1) is 27.2. The molecule has 0 radical (unpaired) electrons. The van der Waals surface area contributed by atoms with Gasteiger partial charge in [0.1, 0.15) is 0 Å². The molecule has 0 spiro atoms. The highest BCUT2D eigenvalue weighted by molar-refractivity contribution is 5.91. The molecule has 11 rings (SSSR count). The third-order valence-corrected chi connectivity index (χ3v) is 11.5. The van der Waals surface area contributed by atoms with E-state index in [1.807, 2.05) is 6.07 Å². The molecule has 55 heavy (non-hydrogen) atoms. The molecule has 1 fully saturated rings. The maximum absolute atomic E-state index is 5.15. The summed E-state index contributed by atoms with van der Waals surface area (Å²) in [6, 6.07) is 67.2. The fourth-order valence-corrected chi connectivity index (χ4v) is 8.58. The third kappa shape index (κ3) is 5.64. The van der Waals surface area contributed by atoms with E-state index in [9.17, 15) is 0 Å². The Balaban J connectivity index is 1.00. The maximum Gasteiger partial charge on any atom is 0.164 e. The van der Waals surface area contributed by atoms with E-state index in [0.29, 0.717) is 29.3 Å². The van der Waals surface area contributed by atoms with Crippen LogP contribution in [0, 0.1) is 0 Å². The van der Waals surface area contributed by atoms with Crippen LogP contribution in [0.15, 0.2) is 188 Å². The van der Waals surface area contributed by atoms with Gasteiger partial charge >= 0.3 is 0 Å². The molecule has 2 aliphatic rings. The van der Waals surface area contributed by atoms with E-state index in [4.69, 9.17) is 15.0 Å². The Morgan fingerprint density at radius 3 is 1.47 bits per heavy atom. The molecular weight excluding hydrogens is 667 g/mol. The number of fused-ring (bicyclic) bond motifs is 7. The minimum Gasteiger partial charge on any atom is -0.208 e. The molecule has 0 saturated heterocycles. The van der Waals surface area contributed by atoms with E-state index in [2.05, 4.69) is 182 Å². The van der Waals surface area contributed by atoms with Crippen LogP contribution in [0.3, 0.4) is 0 Å². The second-order valence-electron chi connectivity index (χ2n) is 14.8. The highest BCUT2D eigenvalue weighted by Gasteiger charge is 2.46. The smallest absolute Gasteiger partial charge is 0.164 e. The van der Waals surface area contributed by atoms with E-state index in [-0.39, 0.29) is 0 Å². The first-order valence-electron chi connectivity index (χ1n) is 19.1. The van der Waals surface area contributed by atoms with E-state index in [1.54, 1.807) is 0 Å². The van der Waals surface area contributed by atoms with Crippen LogP contribution in [0.25, 0.3) is 89.4 Å². The van der Waals surface area contributed by atoms with Gasteiger partial charge in [0.2, 0.25) is 0 Å². The summed E-state index contributed by atoms with van der Waals surface area (Å²) in [4.78, 5) is 15.4. The summed E-state index contributed by atoms with van der Waals surface area (Å²) in [5.74, 6) is 3.18. The van der Waals surface area contributed by atoms with Gasteiger partial charge in [0.05, 0.1) is 0 Å². The summed E-state index contributed by atoms with van der Waals surface area (Å²) in [5.41, 5.74) is 15.9. The topological polar surface area (TPSA) is 38.7 Å². The summed E-state index contributed by atoms with van der Waals surface area (Å²) >= 11 is 0. The van der Waals surface area contributed by atoms with E-state index in [0.717, 1.165) is 27.6 Å². The van der Waals surface area contributed by atoms with Gasteiger partial charge in [-0.25, -0.2) is 15.0 Å². The van der Waals surface area contributed by atoms with Crippen LogP contribution in [0.5, 0.6) is 0 Å². The SMILES string of the molecule is c1ccc(-c2ccc(-c3nc(-c4ccc(-c5cccc6c5C5CC5c5ccccc5-6)cc4)nc(-c4ccc5ccc(-c6ccccc6)cc5c4)n3)cc2)cc1. The van der Waals surface area contributed by atoms with Crippen molar-refractivity contribution < 1.29 is 0 Å². The Bertz CT molecular complexity index is 2880. The standard InChI is InChI=1S/C52H35N3/c1-3-10-33(11-4-1)35-18-24-38(25-19-35)50-53-51(55-52(54-50)41-29-21-36-20-28-40(30-42(36)31-41)34-12-5-2-6-13-34)39-26-22-37(23-27-39)43-16-9-17-46-44-14-7-8-15-45(44)47-32-48(47)49(43)46/h1-31,47-48H,32H2. The van der Waals surface area contributed by atoms with Crippen LogP contribution in [-0.4, -0.2) is 15.0 Å². The molecular formula is C52H35N3. The molecule has 3 nitrogen and oxygen atoms in total. The molecule has 258 valence electrons. The first-order valence-corrected chi connectivity index (χ1v) is 19.1. The van der Waals surface area contributed by atoms with Crippen LogP contribution in [0.1, 0.15) is 29.4 Å². The lowest BCUT2D eigenvalue weighted by Crippen LogP contribution is -2.01. The van der Waals surface area contributed by atoms with Crippen molar-refractivity contribution in [2.24, 2.45) is 0 Å². The van der Waals surface area contributed by atoms with Gasteiger partial charge in [-0.2, -0.15) is 0 Å². The Kier molecular flexibility index (Phi) is 7.38. The number of hydrogen-bond acceptors (Lipinski definition) is 3. The van der Waals surface area contributed by atoms with Gasteiger partial charge in [0.25, 0.3) is 0 Å². The van der Waals surface area contributed by atoms with Gasteiger partial charge in [0.15, 0.2) is 17.5 Å². The quantitative estimate of drug-likeness (QED) is 0.173. The van der Waals surface area contributed by atoms with E-state index < -0.39 is 0 Å². The molecule has 2 aliphatic carbocycles. The normalized spacial score (nSPS) is 15.2. The van der Waals surface area contributed by atoms with Crippen LogP contribution in [0.2, 0.25) is 0 Å². The monoisotopic (exact) mass is 701 g/mol. The van der Waals surface area contributed by atoms with E-state index >= 15 is 0 Å². The van der Waals surface area contributed by atoms with Crippen molar-refractivity contribution >= 4 is 10.8 Å². The van der Waals surface area contributed by atoms with Gasteiger partial charge in [-0.05, 0) is 96.8 Å². The molecule has 1 heterocycles. The largest absolute Gasteiger partial charge is 0.208 e. The Labute approximate surface area is 320 Å². The average Bonchev–Trinajstić information content (AvgIpc) is 4.08. The number of benzene rings is 8. The highest BCUT2D eigenvalue weighted by atomic mass is 15.0. The lowest BCUT2D eigenvalue weighted by atomic mass is 9.82. The summed E-state index contributed by atoms with van der Waals surface area (Å²) in [5, 5.41) is 2.32. The predicted octanol–water partition coefficient (Wildman–Crippen LogP) is 13.3. The first kappa shape index (κ1) is 31.5. The summed E-state index contributed by atoms with van der Waals surface area (Å²) in [7, 11) is 0. The van der Waals surface area contributed by atoms with E-state index in [1.165, 1.54) is 61.9 Å². The zero-order valence-electron chi connectivity index (χ0n) is 30.1.